The van der Waals surface area contributed by atoms with Crippen LogP contribution in [0.25, 0.3) is 0 Å². The fraction of sp³-hybridized carbons (Fsp3) is 0.667. The van der Waals surface area contributed by atoms with Gasteiger partial charge in [-0.3, -0.25) is 4.90 Å². The highest BCUT2D eigenvalue weighted by Gasteiger charge is 2.32. The average Bonchev–Trinajstić information content (AvgIpc) is 2.48. The molecule has 1 aliphatic heterocycles. The molecular weight excluding hydrogens is 315 g/mol. The number of nitrogens with zero attached hydrogens (tertiary/aromatic N) is 3. The van der Waals surface area contributed by atoms with E-state index in [2.05, 4.69) is 23.7 Å². The van der Waals surface area contributed by atoms with Gasteiger partial charge in [0.15, 0.2) is 0 Å². The molecule has 1 aromatic heterocycles. The fourth-order valence-electron chi connectivity index (χ4n) is 2.92. The van der Waals surface area contributed by atoms with Crippen LogP contribution in [0.4, 0.5) is 19.0 Å². The van der Waals surface area contributed by atoms with Crippen molar-refractivity contribution in [3.05, 3.63) is 22.8 Å². The first-order chi connectivity index (χ1) is 10.4. The lowest BCUT2D eigenvalue weighted by atomic mass is 10.1. The van der Waals surface area contributed by atoms with Gasteiger partial charge in [-0.25, -0.2) is 4.98 Å². The second-order valence-corrected chi connectivity index (χ2v) is 5.93. The van der Waals surface area contributed by atoms with Crippen molar-refractivity contribution in [1.82, 2.24) is 9.88 Å². The van der Waals surface area contributed by atoms with Crippen molar-refractivity contribution in [2.45, 2.75) is 38.9 Å². The summed E-state index contributed by atoms with van der Waals surface area (Å²) in [6, 6.07) is 1.52. The third-order valence-electron chi connectivity index (χ3n) is 4.22. The Labute approximate surface area is 134 Å². The van der Waals surface area contributed by atoms with Gasteiger partial charge in [0.25, 0.3) is 0 Å². The molecule has 1 aliphatic rings. The molecule has 1 fully saturated rings. The van der Waals surface area contributed by atoms with E-state index < -0.39 is 11.7 Å². The SMILES string of the molecule is CCC(CC)N1CCN(c2ncc(C(F)(F)F)cc2Cl)CC1. The van der Waals surface area contributed by atoms with Crippen LogP contribution < -0.4 is 4.90 Å². The van der Waals surface area contributed by atoms with Crippen LogP contribution >= 0.6 is 11.6 Å². The summed E-state index contributed by atoms with van der Waals surface area (Å²) < 4.78 is 37.9. The Hall–Kier alpha value is -1.01. The number of halogens is 4. The van der Waals surface area contributed by atoms with E-state index in [-0.39, 0.29) is 5.02 Å². The summed E-state index contributed by atoms with van der Waals surface area (Å²) in [5.41, 5.74) is -0.808. The number of piperazine rings is 1. The van der Waals surface area contributed by atoms with Crippen molar-refractivity contribution in [2.24, 2.45) is 0 Å². The van der Waals surface area contributed by atoms with E-state index in [0.717, 1.165) is 51.3 Å². The zero-order valence-electron chi connectivity index (χ0n) is 12.8. The molecule has 2 heterocycles. The largest absolute Gasteiger partial charge is 0.417 e. The molecule has 0 aliphatic carbocycles. The second-order valence-electron chi connectivity index (χ2n) is 5.52. The Kier molecular flexibility index (Phi) is 5.55. The molecule has 1 aromatic rings. The van der Waals surface area contributed by atoms with Gasteiger partial charge in [-0.05, 0) is 18.9 Å². The van der Waals surface area contributed by atoms with Crippen molar-refractivity contribution in [3.63, 3.8) is 0 Å². The van der Waals surface area contributed by atoms with Crippen LogP contribution in [0, 0.1) is 0 Å². The lowest BCUT2D eigenvalue weighted by Crippen LogP contribution is -2.50. The number of alkyl halides is 3. The normalized spacial score (nSPS) is 17.3. The second kappa shape index (κ2) is 7.04. The van der Waals surface area contributed by atoms with Crippen LogP contribution in [0.3, 0.4) is 0 Å². The molecule has 0 aromatic carbocycles. The van der Waals surface area contributed by atoms with Gasteiger partial charge in [-0.2, -0.15) is 13.2 Å². The Bertz CT molecular complexity index is 495. The molecule has 0 unspecified atom stereocenters. The van der Waals surface area contributed by atoms with Crippen LogP contribution in [0.2, 0.25) is 5.02 Å². The third-order valence-corrected chi connectivity index (χ3v) is 4.50. The molecule has 0 N–H and O–H groups in total. The molecule has 0 saturated carbocycles. The molecule has 7 heteroatoms. The van der Waals surface area contributed by atoms with Crippen LogP contribution in [-0.4, -0.2) is 42.1 Å². The standard InChI is InChI=1S/C15H21ClF3N3/c1-3-12(4-2)21-5-7-22(8-6-21)14-13(16)9-11(10-20-14)15(17,18)19/h9-10,12H,3-8H2,1-2H3. The number of rotatable bonds is 4. The van der Waals surface area contributed by atoms with Gasteiger partial charge in [0.2, 0.25) is 0 Å². The Morgan fingerprint density at radius 1 is 1.18 bits per heavy atom. The van der Waals surface area contributed by atoms with E-state index in [1.54, 1.807) is 0 Å². The number of hydrogen-bond acceptors (Lipinski definition) is 3. The lowest BCUT2D eigenvalue weighted by Gasteiger charge is -2.39. The predicted octanol–water partition coefficient (Wildman–Crippen LogP) is 4.06. The molecule has 0 atom stereocenters. The first-order valence-electron chi connectivity index (χ1n) is 7.58. The van der Waals surface area contributed by atoms with Crippen LogP contribution in [0.15, 0.2) is 12.3 Å². The molecule has 2 rings (SSSR count). The molecule has 124 valence electrons. The highest BCUT2D eigenvalue weighted by molar-refractivity contribution is 6.33. The van der Waals surface area contributed by atoms with Gasteiger partial charge in [0.1, 0.15) is 5.82 Å². The first-order valence-corrected chi connectivity index (χ1v) is 7.96. The van der Waals surface area contributed by atoms with E-state index in [4.69, 9.17) is 11.6 Å². The predicted molar refractivity (Wildman–Crippen MR) is 82.4 cm³/mol. The van der Waals surface area contributed by atoms with Gasteiger partial charge in [-0.1, -0.05) is 25.4 Å². The van der Waals surface area contributed by atoms with Crippen molar-refractivity contribution in [1.29, 1.82) is 0 Å². The van der Waals surface area contributed by atoms with E-state index in [9.17, 15) is 13.2 Å². The minimum Gasteiger partial charge on any atom is -0.353 e. The monoisotopic (exact) mass is 335 g/mol. The number of anilines is 1. The zero-order valence-corrected chi connectivity index (χ0v) is 13.6. The molecular formula is C15H21ClF3N3. The summed E-state index contributed by atoms with van der Waals surface area (Å²) in [5.74, 6) is 0.443. The summed E-state index contributed by atoms with van der Waals surface area (Å²) >= 11 is 6.00. The maximum absolute atomic E-state index is 12.6. The van der Waals surface area contributed by atoms with Crippen molar-refractivity contribution >= 4 is 17.4 Å². The van der Waals surface area contributed by atoms with E-state index in [0.29, 0.717) is 11.9 Å². The summed E-state index contributed by atoms with van der Waals surface area (Å²) in [6.45, 7) is 7.57. The van der Waals surface area contributed by atoms with Crippen LogP contribution in [0.5, 0.6) is 0 Å². The van der Waals surface area contributed by atoms with Crippen molar-refractivity contribution < 1.29 is 13.2 Å². The fourth-order valence-corrected chi connectivity index (χ4v) is 3.21. The first kappa shape index (κ1) is 17.3. The summed E-state index contributed by atoms with van der Waals surface area (Å²) in [7, 11) is 0. The Balaban J connectivity index is 2.06. The van der Waals surface area contributed by atoms with E-state index in [1.807, 2.05) is 4.90 Å². The van der Waals surface area contributed by atoms with Gasteiger partial charge in [0, 0.05) is 38.4 Å². The maximum Gasteiger partial charge on any atom is 0.417 e. The molecule has 0 amide bonds. The molecule has 0 radical (unpaired) electrons. The molecule has 1 saturated heterocycles. The maximum atomic E-state index is 12.6. The van der Waals surface area contributed by atoms with Gasteiger partial charge in [0.05, 0.1) is 10.6 Å². The third kappa shape index (κ3) is 3.84. The number of pyridine rings is 1. The average molecular weight is 336 g/mol. The summed E-state index contributed by atoms with van der Waals surface area (Å²) in [6.07, 6.45) is -1.34. The van der Waals surface area contributed by atoms with Crippen LogP contribution in [0.1, 0.15) is 32.3 Å². The Morgan fingerprint density at radius 2 is 1.77 bits per heavy atom. The van der Waals surface area contributed by atoms with Crippen molar-refractivity contribution in [2.75, 3.05) is 31.1 Å². The molecule has 3 nitrogen and oxygen atoms in total. The number of hydrogen-bond donors (Lipinski definition) is 0. The highest BCUT2D eigenvalue weighted by Crippen LogP contribution is 2.33. The van der Waals surface area contributed by atoms with Crippen LogP contribution in [-0.2, 0) is 6.18 Å². The quantitative estimate of drug-likeness (QED) is 0.827. The minimum absolute atomic E-state index is 0.0609. The topological polar surface area (TPSA) is 19.4 Å². The highest BCUT2D eigenvalue weighted by atomic mass is 35.5. The van der Waals surface area contributed by atoms with Crippen molar-refractivity contribution in [3.8, 4) is 0 Å². The van der Waals surface area contributed by atoms with E-state index >= 15 is 0 Å². The molecule has 0 bridgehead atoms. The van der Waals surface area contributed by atoms with Gasteiger partial charge < -0.3 is 4.90 Å². The molecule has 22 heavy (non-hydrogen) atoms. The minimum atomic E-state index is -4.41. The van der Waals surface area contributed by atoms with Gasteiger partial charge >= 0.3 is 6.18 Å². The smallest absolute Gasteiger partial charge is 0.353 e. The molecule has 0 spiro atoms. The lowest BCUT2D eigenvalue weighted by molar-refractivity contribution is -0.137. The zero-order chi connectivity index (χ0) is 16.3. The summed E-state index contributed by atoms with van der Waals surface area (Å²) in [5, 5.41) is 0.0609. The Morgan fingerprint density at radius 3 is 2.23 bits per heavy atom. The van der Waals surface area contributed by atoms with Gasteiger partial charge in [-0.15, -0.1) is 0 Å². The van der Waals surface area contributed by atoms with E-state index in [1.165, 1.54) is 0 Å². The number of aromatic nitrogens is 1. The summed E-state index contributed by atoms with van der Waals surface area (Å²) in [4.78, 5) is 8.32.